The van der Waals surface area contributed by atoms with E-state index in [1.165, 1.54) is 0 Å². The number of nitrogens with zero attached hydrogens (tertiary/aromatic N) is 2. The summed E-state index contributed by atoms with van der Waals surface area (Å²) in [4.78, 5) is 26.5. The molecular formula is C20H27N5O3. The first-order valence-corrected chi connectivity index (χ1v) is 9.55. The highest BCUT2D eigenvalue weighted by Crippen LogP contribution is 2.15. The summed E-state index contributed by atoms with van der Waals surface area (Å²) in [6.07, 6.45) is 0.846. The molecule has 0 atom stereocenters. The van der Waals surface area contributed by atoms with E-state index in [0.717, 1.165) is 25.2 Å². The van der Waals surface area contributed by atoms with Gasteiger partial charge in [0.25, 0.3) is 5.91 Å². The van der Waals surface area contributed by atoms with Gasteiger partial charge in [-0.2, -0.15) is 5.10 Å². The molecule has 8 nitrogen and oxygen atoms in total. The molecule has 3 N–H and O–H groups in total. The number of aromatic amines is 1. The fourth-order valence-corrected chi connectivity index (χ4v) is 3.02. The largest absolute Gasteiger partial charge is 0.379 e. The molecule has 0 saturated carbocycles. The van der Waals surface area contributed by atoms with Crippen LogP contribution in [0.5, 0.6) is 0 Å². The van der Waals surface area contributed by atoms with Gasteiger partial charge in [-0.05, 0) is 42.7 Å². The highest BCUT2D eigenvalue weighted by molar-refractivity contribution is 6.03. The van der Waals surface area contributed by atoms with Crippen molar-refractivity contribution in [3.8, 4) is 0 Å². The first kappa shape index (κ1) is 20.0. The van der Waals surface area contributed by atoms with Crippen LogP contribution in [0.2, 0.25) is 0 Å². The van der Waals surface area contributed by atoms with Crippen LogP contribution in [-0.4, -0.2) is 59.8 Å². The Morgan fingerprint density at radius 3 is 2.43 bits per heavy atom. The zero-order chi connectivity index (χ0) is 19.9. The van der Waals surface area contributed by atoms with Gasteiger partial charge in [-0.15, -0.1) is 0 Å². The Bertz CT molecular complexity index is 794. The van der Waals surface area contributed by atoms with Crippen LogP contribution in [0.25, 0.3) is 0 Å². The van der Waals surface area contributed by atoms with Gasteiger partial charge in [0, 0.05) is 30.2 Å². The Labute approximate surface area is 164 Å². The third-order valence-corrected chi connectivity index (χ3v) is 4.39. The van der Waals surface area contributed by atoms with Gasteiger partial charge in [0.1, 0.15) is 0 Å². The molecule has 1 aromatic carbocycles. The van der Waals surface area contributed by atoms with E-state index in [1.54, 1.807) is 30.3 Å². The number of amides is 2. The summed E-state index contributed by atoms with van der Waals surface area (Å²) in [6.45, 7) is 7.44. The average Bonchev–Trinajstić information content (AvgIpc) is 3.12. The number of hydrogen-bond acceptors (Lipinski definition) is 5. The lowest BCUT2D eigenvalue weighted by molar-refractivity contribution is -0.118. The van der Waals surface area contributed by atoms with Crippen LogP contribution in [0.4, 0.5) is 11.4 Å². The van der Waals surface area contributed by atoms with E-state index in [-0.39, 0.29) is 11.8 Å². The molecule has 3 rings (SSSR count). The molecular weight excluding hydrogens is 358 g/mol. The lowest BCUT2D eigenvalue weighted by Gasteiger charge is -2.25. The smallest absolute Gasteiger partial charge is 0.276 e. The quantitative estimate of drug-likeness (QED) is 0.678. The molecule has 1 aliphatic rings. The van der Waals surface area contributed by atoms with Crippen molar-refractivity contribution in [3.05, 3.63) is 41.7 Å². The predicted molar refractivity (Wildman–Crippen MR) is 107 cm³/mol. The summed E-state index contributed by atoms with van der Waals surface area (Å²) >= 11 is 0. The van der Waals surface area contributed by atoms with E-state index in [4.69, 9.17) is 4.74 Å². The molecule has 1 aromatic heterocycles. The van der Waals surface area contributed by atoms with Crippen molar-refractivity contribution in [2.24, 2.45) is 5.92 Å². The zero-order valence-electron chi connectivity index (χ0n) is 16.3. The van der Waals surface area contributed by atoms with Crippen molar-refractivity contribution in [3.63, 3.8) is 0 Å². The number of nitrogens with one attached hydrogen (secondary N) is 3. The monoisotopic (exact) mass is 385 g/mol. The number of ether oxygens (including phenoxy) is 1. The number of carbonyl (C=O) groups excluding carboxylic acids is 2. The first-order valence-electron chi connectivity index (χ1n) is 9.55. The molecule has 0 unspecified atom stereocenters. The van der Waals surface area contributed by atoms with Crippen molar-refractivity contribution < 1.29 is 14.3 Å². The van der Waals surface area contributed by atoms with Crippen LogP contribution < -0.4 is 10.6 Å². The summed E-state index contributed by atoms with van der Waals surface area (Å²) in [7, 11) is 0. The molecule has 0 aliphatic carbocycles. The summed E-state index contributed by atoms with van der Waals surface area (Å²) in [5.41, 5.74) is 2.64. The molecule has 0 bridgehead atoms. The van der Waals surface area contributed by atoms with Crippen LogP contribution in [0.3, 0.4) is 0 Å². The van der Waals surface area contributed by atoms with E-state index < -0.39 is 0 Å². The van der Waals surface area contributed by atoms with Gasteiger partial charge in [-0.1, -0.05) is 13.8 Å². The predicted octanol–water partition coefficient (Wildman–Crippen LogP) is 2.13. The Morgan fingerprint density at radius 2 is 1.79 bits per heavy atom. The van der Waals surface area contributed by atoms with Crippen LogP contribution in [0.15, 0.2) is 30.3 Å². The lowest BCUT2D eigenvalue weighted by Crippen LogP contribution is -2.41. The van der Waals surface area contributed by atoms with E-state index >= 15 is 0 Å². The number of rotatable bonds is 7. The van der Waals surface area contributed by atoms with Gasteiger partial charge in [0.05, 0.1) is 19.8 Å². The highest BCUT2D eigenvalue weighted by Gasteiger charge is 2.15. The fraction of sp³-hybridized carbons (Fsp3) is 0.450. The number of aromatic nitrogens is 2. The average molecular weight is 385 g/mol. The number of hydrogen-bond donors (Lipinski definition) is 3. The van der Waals surface area contributed by atoms with E-state index in [9.17, 15) is 9.59 Å². The summed E-state index contributed by atoms with van der Waals surface area (Å²) in [6, 6.07) is 8.81. The number of H-pyrrole nitrogens is 1. The Kier molecular flexibility index (Phi) is 6.78. The first-order chi connectivity index (χ1) is 13.5. The molecule has 2 amide bonds. The minimum Gasteiger partial charge on any atom is -0.379 e. The van der Waals surface area contributed by atoms with Gasteiger partial charge >= 0.3 is 0 Å². The maximum Gasteiger partial charge on any atom is 0.276 e. The number of carbonyl (C=O) groups is 2. The minimum absolute atomic E-state index is 0.0621. The van der Waals surface area contributed by atoms with Gasteiger partial charge in [0.15, 0.2) is 5.69 Å². The summed E-state index contributed by atoms with van der Waals surface area (Å²) in [5, 5.41) is 12.7. The Balaban J connectivity index is 1.50. The van der Waals surface area contributed by atoms with Crippen LogP contribution in [0, 0.1) is 5.92 Å². The molecule has 1 fully saturated rings. The molecule has 1 saturated heterocycles. The molecule has 0 radical (unpaired) electrons. The van der Waals surface area contributed by atoms with Gasteiger partial charge in [-0.3, -0.25) is 19.6 Å². The maximum atomic E-state index is 12.3. The van der Waals surface area contributed by atoms with Crippen LogP contribution >= 0.6 is 0 Å². The summed E-state index contributed by atoms with van der Waals surface area (Å²) < 4.78 is 5.28. The van der Waals surface area contributed by atoms with Crippen LogP contribution in [-0.2, 0) is 16.0 Å². The molecule has 150 valence electrons. The highest BCUT2D eigenvalue weighted by atomic mass is 16.5. The van der Waals surface area contributed by atoms with Crippen molar-refractivity contribution in [1.29, 1.82) is 0 Å². The normalized spacial score (nSPS) is 14.8. The number of morpholine rings is 1. The Hall–Kier alpha value is -2.71. The molecule has 2 heterocycles. The third-order valence-electron chi connectivity index (χ3n) is 4.39. The van der Waals surface area contributed by atoms with E-state index in [0.29, 0.717) is 42.7 Å². The van der Waals surface area contributed by atoms with Crippen molar-refractivity contribution in [2.45, 2.75) is 20.3 Å². The lowest BCUT2D eigenvalue weighted by atomic mass is 10.1. The summed E-state index contributed by atoms with van der Waals surface area (Å²) in [5.74, 6) is 0.158. The van der Waals surface area contributed by atoms with Gasteiger partial charge < -0.3 is 15.4 Å². The van der Waals surface area contributed by atoms with E-state index in [1.807, 2.05) is 0 Å². The van der Waals surface area contributed by atoms with Crippen LogP contribution in [0.1, 0.15) is 30.0 Å². The Morgan fingerprint density at radius 1 is 1.14 bits per heavy atom. The van der Waals surface area contributed by atoms with Gasteiger partial charge in [0.2, 0.25) is 5.91 Å². The van der Waals surface area contributed by atoms with E-state index in [2.05, 4.69) is 39.6 Å². The molecule has 8 heteroatoms. The zero-order valence-corrected chi connectivity index (χ0v) is 16.3. The third kappa shape index (κ3) is 5.90. The van der Waals surface area contributed by atoms with Crippen molar-refractivity contribution >= 4 is 23.2 Å². The maximum absolute atomic E-state index is 12.3. The second-order valence-corrected chi connectivity index (χ2v) is 7.34. The number of benzene rings is 1. The second kappa shape index (κ2) is 9.48. The van der Waals surface area contributed by atoms with Crippen molar-refractivity contribution in [2.75, 3.05) is 43.5 Å². The number of anilines is 2. The molecule has 0 spiro atoms. The van der Waals surface area contributed by atoms with Crippen molar-refractivity contribution in [1.82, 2.24) is 15.1 Å². The molecule has 28 heavy (non-hydrogen) atoms. The fourth-order valence-electron chi connectivity index (χ4n) is 3.02. The minimum atomic E-state index is -0.268. The molecule has 2 aromatic rings. The SMILES string of the molecule is CC(C)Cc1cc(C(=O)Nc2ccc(NC(=O)CN3CCOCC3)cc2)n[nH]1. The second-order valence-electron chi connectivity index (χ2n) is 7.34. The topological polar surface area (TPSA) is 99.3 Å². The standard InChI is InChI=1S/C20H27N5O3/c1-14(2)11-17-12-18(24-23-17)20(27)22-16-5-3-15(4-6-16)21-19(26)13-25-7-9-28-10-8-25/h3-6,12,14H,7-11,13H2,1-2H3,(H,21,26)(H,22,27)(H,23,24). The van der Waals surface area contributed by atoms with Gasteiger partial charge in [-0.25, -0.2) is 0 Å². The molecule has 1 aliphatic heterocycles.